The van der Waals surface area contributed by atoms with Gasteiger partial charge in [-0.25, -0.2) is 0 Å². The predicted molar refractivity (Wildman–Crippen MR) is 80.4 cm³/mol. The molecule has 0 saturated heterocycles. The summed E-state index contributed by atoms with van der Waals surface area (Å²) >= 11 is 0. The number of benzene rings is 1. The number of nitrogens with one attached hydrogen (secondary N) is 1. The molecule has 1 aliphatic rings. The van der Waals surface area contributed by atoms with Gasteiger partial charge in [0.05, 0.1) is 12.7 Å². The number of rotatable bonds is 7. The molecule has 0 amide bonds. The smallest absolute Gasteiger partial charge is 0.119 e. The minimum atomic E-state index is -0.116. The molecule has 0 spiro atoms. The summed E-state index contributed by atoms with van der Waals surface area (Å²) in [5.74, 6) is 3.83. The highest BCUT2D eigenvalue weighted by Crippen LogP contribution is 2.24. The molecule has 0 radical (unpaired) electrons. The molecule has 1 saturated carbocycles. The first-order chi connectivity index (χ1) is 9.79. The Kier molecular flexibility index (Phi) is 5.91. The number of ether oxygens (including phenoxy) is 1. The van der Waals surface area contributed by atoms with Crippen molar-refractivity contribution in [3.8, 4) is 18.1 Å². The van der Waals surface area contributed by atoms with Crippen LogP contribution < -0.4 is 10.1 Å². The van der Waals surface area contributed by atoms with Gasteiger partial charge in [0.15, 0.2) is 0 Å². The van der Waals surface area contributed by atoms with Gasteiger partial charge in [0.1, 0.15) is 5.75 Å². The molecule has 2 atom stereocenters. The Bertz CT molecular complexity index is 435. The molecule has 0 aliphatic heterocycles. The number of terminal acetylenes is 1. The van der Waals surface area contributed by atoms with Crippen molar-refractivity contribution in [2.24, 2.45) is 5.92 Å². The van der Waals surface area contributed by atoms with Crippen molar-refractivity contribution >= 4 is 0 Å². The lowest BCUT2D eigenvalue weighted by atomic mass is 10.1. The lowest BCUT2D eigenvalue weighted by Crippen LogP contribution is -2.27. The second-order valence-corrected chi connectivity index (χ2v) is 5.34. The Morgan fingerprint density at radius 2 is 2.10 bits per heavy atom. The van der Waals surface area contributed by atoms with Gasteiger partial charge in [0.25, 0.3) is 0 Å². The van der Waals surface area contributed by atoms with Gasteiger partial charge in [0.2, 0.25) is 0 Å². The zero-order chi connectivity index (χ0) is 14.2. The fourth-order valence-corrected chi connectivity index (χ4v) is 2.59. The second-order valence-electron chi connectivity index (χ2n) is 5.34. The van der Waals surface area contributed by atoms with Gasteiger partial charge in [-0.15, -0.1) is 12.3 Å². The van der Waals surface area contributed by atoms with Crippen molar-refractivity contribution in [3.63, 3.8) is 0 Å². The number of aliphatic hydroxyl groups excluding tert-OH is 1. The monoisotopic (exact) mass is 273 g/mol. The third kappa shape index (κ3) is 4.56. The van der Waals surface area contributed by atoms with E-state index < -0.39 is 0 Å². The van der Waals surface area contributed by atoms with Gasteiger partial charge in [-0.3, -0.25) is 0 Å². The Morgan fingerprint density at radius 3 is 2.75 bits per heavy atom. The molecule has 2 unspecified atom stereocenters. The standard InChI is InChI=1S/C17H23NO2/c1-2-3-11-20-16-9-7-14(8-10-16)12-18-13-15-5-4-6-17(15)19/h1,7-10,15,17-19H,3-6,11-13H2. The minimum Gasteiger partial charge on any atom is -0.493 e. The van der Waals surface area contributed by atoms with Gasteiger partial charge in [0, 0.05) is 19.5 Å². The van der Waals surface area contributed by atoms with Crippen molar-refractivity contribution in [1.29, 1.82) is 0 Å². The first kappa shape index (κ1) is 14.9. The molecule has 1 aromatic carbocycles. The average molecular weight is 273 g/mol. The highest BCUT2D eigenvalue weighted by Gasteiger charge is 2.24. The third-order valence-corrected chi connectivity index (χ3v) is 3.79. The molecule has 1 aromatic rings. The molecule has 0 heterocycles. The molecular weight excluding hydrogens is 250 g/mol. The molecule has 20 heavy (non-hydrogen) atoms. The summed E-state index contributed by atoms with van der Waals surface area (Å²) in [5, 5.41) is 13.2. The molecule has 2 rings (SSSR count). The normalized spacial score (nSPS) is 21.6. The van der Waals surface area contributed by atoms with Crippen LogP contribution in [-0.2, 0) is 6.54 Å². The maximum absolute atomic E-state index is 9.75. The number of aliphatic hydroxyl groups is 1. The molecule has 1 aliphatic carbocycles. The minimum absolute atomic E-state index is 0.116. The van der Waals surface area contributed by atoms with Crippen molar-refractivity contribution in [1.82, 2.24) is 5.32 Å². The maximum atomic E-state index is 9.75. The second kappa shape index (κ2) is 7.94. The van der Waals surface area contributed by atoms with Crippen LogP contribution in [-0.4, -0.2) is 24.4 Å². The van der Waals surface area contributed by atoms with Crippen molar-refractivity contribution in [3.05, 3.63) is 29.8 Å². The van der Waals surface area contributed by atoms with Crippen LogP contribution in [0.3, 0.4) is 0 Å². The summed E-state index contributed by atoms with van der Waals surface area (Å²) in [6, 6.07) is 8.06. The van der Waals surface area contributed by atoms with E-state index in [-0.39, 0.29) is 6.10 Å². The van der Waals surface area contributed by atoms with Crippen molar-refractivity contribution in [2.75, 3.05) is 13.2 Å². The fraction of sp³-hybridized carbons (Fsp3) is 0.529. The Balaban J connectivity index is 1.69. The van der Waals surface area contributed by atoms with E-state index in [4.69, 9.17) is 11.2 Å². The van der Waals surface area contributed by atoms with Crippen LogP contribution in [0.1, 0.15) is 31.2 Å². The summed E-state index contributed by atoms with van der Waals surface area (Å²) in [6.45, 7) is 2.28. The van der Waals surface area contributed by atoms with E-state index >= 15 is 0 Å². The fourth-order valence-electron chi connectivity index (χ4n) is 2.59. The molecule has 1 fully saturated rings. The lowest BCUT2D eigenvalue weighted by Gasteiger charge is -2.15. The molecule has 3 heteroatoms. The van der Waals surface area contributed by atoms with Gasteiger partial charge in [-0.1, -0.05) is 18.6 Å². The lowest BCUT2D eigenvalue weighted by molar-refractivity contribution is 0.131. The summed E-state index contributed by atoms with van der Waals surface area (Å²) in [5.41, 5.74) is 1.22. The summed E-state index contributed by atoms with van der Waals surface area (Å²) in [7, 11) is 0. The summed E-state index contributed by atoms with van der Waals surface area (Å²) in [6.07, 6.45) is 8.93. The van der Waals surface area contributed by atoms with E-state index in [1.807, 2.05) is 12.1 Å². The van der Waals surface area contributed by atoms with Crippen LogP contribution in [0.5, 0.6) is 5.75 Å². The first-order valence-corrected chi connectivity index (χ1v) is 7.33. The van der Waals surface area contributed by atoms with E-state index in [1.54, 1.807) is 0 Å². The van der Waals surface area contributed by atoms with Gasteiger partial charge in [-0.2, -0.15) is 0 Å². The number of hydrogen-bond donors (Lipinski definition) is 2. The third-order valence-electron chi connectivity index (χ3n) is 3.79. The molecule has 0 bridgehead atoms. The highest BCUT2D eigenvalue weighted by atomic mass is 16.5. The van der Waals surface area contributed by atoms with Crippen LogP contribution >= 0.6 is 0 Å². The van der Waals surface area contributed by atoms with Gasteiger partial charge < -0.3 is 15.2 Å². The highest BCUT2D eigenvalue weighted by molar-refractivity contribution is 5.27. The molecule has 2 N–H and O–H groups in total. The van der Waals surface area contributed by atoms with E-state index in [0.717, 1.165) is 38.1 Å². The Morgan fingerprint density at radius 1 is 1.30 bits per heavy atom. The van der Waals surface area contributed by atoms with Crippen LogP contribution in [0, 0.1) is 18.3 Å². The van der Waals surface area contributed by atoms with E-state index in [2.05, 4.69) is 23.4 Å². The Labute approximate surface area is 121 Å². The van der Waals surface area contributed by atoms with E-state index in [1.165, 1.54) is 5.56 Å². The molecule has 3 nitrogen and oxygen atoms in total. The SMILES string of the molecule is C#CCCOc1ccc(CNCC2CCCC2O)cc1. The molecule has 108 valence electrons. The topological polar surface area (TPSA) is 41.5 Å². The van der Waals surface area contributed by atoms with Gasteiger partial charge >= 0.3 is 0 Å². The largest absolute Gasteiger partial charge is 0.493 e. The Hall–Kier alpha value is -1.50. The van der Waals surface area contributed by atoms with E-state index in [0.29, 0.717) is 18.9 Å². The van der Waals surface area contributed by atoms with E-state index in [9.17, 15) is 5.11 Å². The summed E-state index contributed by atoms with van der Waals surface area (Å²) in [4.78, 5) is 0. The molecule has 0 aromatic heterocycles. The van der Waals surface area contributed by atoms with Crippen molar-refractivity contribution < 1.29 is 9.84 Å². The average Bonchev–Trinajstić information content (AvgIpc) is 2.87. The predicted octanol–water partition coefficient (Wildman–Crippen LogP) is 2.34. The molecular formula is C17H23NO2. The zero-order valence-corrected chi connectivity index (χ0v) is 11.8. The van der Waals surface area contributed by atoms with Crippen LogP contribution in [0.2, 0.25) is 0 Å². The summed E-state index contributed by atoms with van der Waals surface area (Å²) < 4.78 is 5.51. The van der Waals surface area contributed by atoms with Crippen LogP contribution in [0.4, 0.5) is 0 Å². The van der Waals surface area contributed by atoms with Gasteiger partial charge in [-0.05, 0) is 36.5 Å². The first-order valence-electron chi connectivity index (χ1n) is 7.33. The van der Waals surface area contributed by atoms with Crippen LogP contribution in [0.15, 0.2) is 24.3 Å². The van der Waals surface area contributed by atoms with Crippen molar-refractivity contribution in [2.45, 2.75) is 38.3 Å². The maximum Gasteiger partial charge on any atom is 0.119 e. The quantitative estimate of drug-likeness (QED) is 0.592. The van der Waals surface area contributed by atoms with Crippen LogP contribution in [0.25, 0.3) is 0 Å². The number of hydrogen-bond acceptors (Lipinski definition) is 3. The zero-order valence-electron chi connectivity index (χ0n) is 11.8.